The molecule has 2 N–H and O–H groups in total. The van der Waals surface area contributed by atoms with E-state index in [0.29, 0.717) is 24.7 Å². The molecule has 0 spiro atoms. The molecule has 0 fully saturated rings. The molecule has 0 unspecified atom stereocenters. The number of ether oxygens (including phenoxy) is 2. The van der Waals surface area contributed by atoms with Crippen molar-refractivity contribution in [3.8, 4) is 11.5 Å². The van der Waals surface area contributed by atoms with E-state index in [1.54, 1.807) is 12.1 Å². The van der Waals surface area contributed by atoms with E-state index >= 15 is 0 Å². The number of benzene rings is 3. The van der Waals surface area contributed by atoms with Gasteiger partial charge < -0.3 is 14.8 Å². The maximum atomic E-state index is 13.1. The van der Waals surface area contributed by atoms with Crippen molar-refractivity contribution in [1.82, 2.24) is 5.32 Å². The summed E-state index contributed by atoms with van der Waals surface area (Å²) >= 11 is 6.12. The summed E-state index contributed by atoms with van der Waals surface area (Å²) in [5, 5.41) is 2.88. The van der Waals surface area contributed by atoms with Crippen LogP contribution in [0.1, 0.15) is 15.9 Å². The summed E-state index contributed by atoms with van der Waals surface area (Å²) in [5.41, 5.74) is 1.06. The van der Waals surface area contributed by atoms with Crippen LogP contribution < -0.4 is 19.5 Å². The first-order chi connectivity index (χ1) is 15.3. The van der Waals surface area contributed by atoms with Gasteiger partial charge in [-0.2, -0.15) is 0 Å². The van der Waals surface area contributed by atoms with Crippen molar-refractivity contribution in [3.05, 3.63) is 82.6 Å². The normalized spacial score (nSPS) is 12.8. The highest BCUT2D eigenvalue weighted by Crippen LogP contribution is 2.31. The number of carbonyl (C=O) groups is 1. The highest BCUT2D eigenvalue weighted by atomic mass is 35.5. The molecular formula is C22H18ClFN2O5S. The van der Waals surface area contributed by atoms with Gasteiger partial charge in [0.2, 0.25) is 0 Å². The smallest absolute Gasteiger partial charge is 0.261 e. The summed E-state index contributed by atoms with van der Waals surface area (Å²) < 4.78 is 51.6. The van der Waals surface area contributed by atoms with Crippen LogP contribution in [0.2, 0.25) is 5.02 Å². The van der Waals surface area contributed by atoms with Crippen molar-refractivity contribution >= 4 is 33.2 Å². The molecule has 10 heteroatoms. The summed E-state index contributed by atoms with van der Waals surface area (Å²) in [6, 6.07) is 14.0. The zero-order valence-corrected chi connectivity index (χ0v) is 18.2. The lowest BCUT2D eigenvalue weighted by atomic mass is 10.1. The molecule has 7 nitrogen and oxygen atoms in total. The van der Waals surface area contributed by atoms with Crippen LogP contribution in [0.3, 0.4) is 0 Å². The molecule has 3 aromatic carbocycles. The fraction of sp³-hybridized carbons (Fsp3) is 0.136. The van der Waals surface area contributed by atoms with Gasteiger partial charge in [-0.25, -0.2) is 12.8 Å². The molecule has 0 saturated heterocycles. The predicted molar refractivity (Wildman–Crippen MR) is 117 cm³/mol. The Labute approximate surface area is 189 Å². The van der Waals surface area contributed by atoms with E-state index in [1.807, 2.05) is 6.07 Å². The molecule has 3 aromatic rings. The number of hydrogen-bond donors (Lipinski definition) is 2. The second-order valence-corrected chi connectivity index (χ2v) is 9.00. The van der Waals surface area contributed by atoms with Gasteiger partial charge in [-0.15, -0.1) is 0 Å². The predicted octanol–water partition coefficient (Wildman–Crippen LogP) is 3.98. The monoisotopic (exact) mass is 476 g/mol. The number of fused-ring (bicyclic) bond motifs is 1. The Morgan fingerprint density at radius 1 is 0.969 bits per heavy atom. The van der Waals surface area contributed by atoms with Crippen molar-refractivity contribution in [1.29, 1.82) is 0 Å². The zero-order chi connectivity index (χ0) is 22.7. The van der Waals surface area contributed by atoms with Gasteiger partial charge >= 0.3 is 0 Å². The molecule has 0 atom stereocenters. The quantitative estimate of drug-likeness (QED) is 0.561. The van der Waals surface area contributed by atoms with Crippen LogP contribution in [0.4, 0.5) is 10.1 Å². The van der Waals surface area contributed by atoms with Crippen molar-refractivity contribution in [2.75, 3.05) is 17.9 Å². The molecule has 1 amide bonds. The number of rotatable bonds is 6. The summed E-state index contributed by atoms with van der Waals surface area (Å²) in [5.74, 6) is 0.298. The van der Waals surface area contributed by atoms with Crippen molar-refractivity contribution < 1.29 is 27.1 Å². The largest absolute Gasteiger partial charge is 0.486 e. The first-order valence-corrected chi connectivity index (χ1v) is 11.4. The zero-order valence-electron chi connectivity index (χ0n) is 16.6. The minimum Gasteiger partial charge on any atom is -0.486 e. The maximum absolute atomic E-state index is 13.1. The number of sulfonamides is 1. The molecule has 166 valence electrons. The Bertz CT molecular complexity index is 1270. The third-order valence-electron chi connectivity index (χ3n) is 4.66. The molecule has 0 aromatic heterocycles. The van der Waals surface area contributed by atoms with Crippen LogP contribution in [-0.2, 0) is 16.6 Å². The van der Waals surface area contributed by atoms with Crippen molar-refractivity contribution in [3.63, 3.8) is 0 Å². The second kappa shape index (κ2) is 9.05. The average Bonchev–Trinajstić information content (AvgIpc) is 2.79. The minimum atomic E-state index is -4.02. The van der Waals surface area contributed by atoms with Crippen LogP contribution in [0.25, 0.3) is 0 Å². The third kappa shape index (κ3) is 4.95. The van der Waals surface area contributed by atoms with Crippen molar-refractivity contribution in [2.45, 2.75) is 11.4 Å². The van der Waals surface area contributed by atoms with Gasteiger partial charge in [0, 0.05) is 12.1 Å². The van der Waals surface area contributed by atoms with Gasteiger partial charge in [0.1, 0.15) is 19.0 Å². The lowest BCUT2D eigenvalue weighted by molar-refractivity contribution is 0.0951. The first kappa shape index (κ1) is 21.9. The summed E-state index contributed by atoms with van der Waals surface area (Å²) in [7, 11) is -4.02. The molecular weight excluding hydrogens is 459 g/mol. The molecule has 32 heavy (non-hydrogen) atoms. The fourth-order valence-electron chi connectivity index (χ4n) is 3.04. The van der Waals surface area contributed by atoms with Gasteiger partial charge in [0.15, 0.2) is 11.5 Å². The Morgan fingerprint density at radius 2 is 1.69 bits per heavy atom. The lowest BCUT2D eigenvalue weighted by Gasteiger charge is -2.19. The Hall–Kier alpha value is -3.30. The number of anilines is 1. The van der Waals surface area contributed by atoms with E-state index in [0.717, 1.165) is 29.8 Å². The number of amides is 1. The van der Waals surface area contributed by atoms with E-state index in [4.69, 9.17) is 21.1 Å². The fourth-order valence-corrected chi connectivity index (χ4v) is 4.34. The maximum Gasteiger partial charge on any atom is 0.261 e. The van der Waals surface area contributed by atoms with E-state index in [1.165, 1.54) is 18.2 Å². The number of carbonyl (C=O) groups excluding carboxylic acids is 1. The van der Waals surface area contributed by atoms with E-state index < -0.39 is 21.7 Å². The molecule has 4 rings (SSSR count). The van der Waals surface area contributed by atoms with Crippen LogP contribution >= 0.6 is 11.6 Å². The van der Waals surface area contributed by atoms with Crippen molar-refractivity contribution in [2.24, 2.45) is 0 Å². The van der Waals surface area contributed by atoms with Gasteiger partial charge in [-0.05, 0) is 60.2 Å². The summed E-state index contributed by atoms with van der Waals surface area (Å²) in [6.45, 7) is 1.19. The molecule has 0 radical (unpaired) electrons. The Morgan fingerprint density at radius 3 is 2.44 bits per heavy atom. The van der Waals surface area contributed by atoms with Crippen LogP contribution in [-0.4, -0.2) is 27.5 Å². The Kier molecular flexibility index (Phi) is 6.20. The van der Waals surface area contributed by atoms with E-state index in [9.17, 15) is 17.6 Å². The van der Waals surface area contributed by atoms with Gasteiger partial charge in [-0.3, -0.25) is 9.52 Å². The third-order valence-corrected chi connectivity index (χ3v) is 6.37. The standard InChI is InChI=1S/C22H18ClFN2O5S/c23-18-7-2-15(12-19(18)26-32(28,29)17-5-3-16(24)4-6-17)22(27)25-13-14-1-8-20-21(11-14)31-10-9-30-20/h1-8,11-12,26H,9-10,13H2,(H,25,27). The highest BCUT2D eigenvalue weighted by Gasteiger charge is 2.18. The minimum absolute atomic E-state index is 0.0305. The van der Waals surface area contributed by atoms with E-state index in [-0.39, 0.29) is 27.7 Å². The van der Waals surface area contributed by atoms with Gasteiger partial charge in [0.05, 0.1) is 15.6 Å². The first-order valence-electron chi connectivity index (χ1n) is 9.56. The number of halogens is 2. The molecule has 0 saturated carbocycles. The van der Waals surface area contributed by atoms with Crippen LogP contribution in [0.5, 0.6) is 11.5 Å². The Balaban J connectivity index is 1.47. The average molecular weight is 477 g/mol. The SMILES string of the molecule is O=C(NCc1ccc2c(c1)OCCO2)c1ccc(Cl)c(NS(=O)(=O)c2ccc(F)cc2)c1. The topological polar surface area (TPSA) is 93.7 Å². The molecule has 0 aliphatic carbocycles. The van der Waals surface area contributed by atoms with Crippen LogP contribution in [0, 0.1) is 5.82 Å². The summed E-state index contributed by atoms with van der Waals surface area (Å²) in [4.78, 5) is 12.5. The molecule has 0 bridgehead atoms. The molecule has 1 heterocycles. The second-order valence-electron chi connectivity index (χ2n) is 6.91. The highest BCUT2D eigenvalue weighted by molar-refractivity contribution is 7.92. The van der Waals surface area contributed by atoms with Crippen LogP contribution in [0.15, 0.2) is 65.6 Å². The molecule has 1 aliphatic heterocycles. The molecule has 1 aliphatic rings. The number of hydrogen-bond acceptors (Lipinski definition) is 5. The number of nitrogens with one attached hydrogen (secondary N) is 2. The lowest BCUT2D eigenvalue weighted by Crippen LogP contribution is -2.23. The van der Waals surface area contributed by atoms with Gasteiger partial charge in [-0.1, -0.05) is 17.7 Å². The summed E-state index contributed by atoms with van der Waals surface area (Å²) in [6.07, 6.45) is 0. The van der Waals surface area contributed by atoms with Gasteiger partial charge in [0.25, 0.3) is 15.9 Å². The van der Waals surface area contributed by atoms with E-state index in [2.05, 4.69) is 10.0 Å².